The molecule has 3 aromatic heterocycles. The fourth-order valence-corrected chi connectivity index (χ4v) is 2.72. The fourth-order valence-electron chi connectivity index (χ4n) is 1.65. The van der Waals surface area contributed by atoms with E-state index in [1.165, 1.54) is 0 Å². The number of rotatable bonds is 2. The van der Waals surface area contributed by atoms with Crippen molar-refractivity contribution < 1.29 is 0 Å². The molecule has 0 aliphatic rings. The molecule has 0 amide bonds. The van der Waals surface area contributed by atoms with Crippen LogP contribution in [0.4, 0.5) is 0 Å². The van der Waals surface area contributed by atoms with Gasteiger partial charge in [0.2, 0.25) is 0 Å². The summed E-state index contributed by atoms with van der Waals surface area (Å²) in [6.45, 7) is 0. The molecule has 0 aliphatic carbocycles. The highest BCUT2D eigenvalue weighted by Gasteiger charge is 2.11. The zero-order valence-corrected chi connectivity index (χ0v) is 9.87. The molecule has 0 N–H and O–H groups in total. The Morgan fingerprint density at radius 3 is 3.00 bits per heavy atom. The molecule has 0 atom stereocenters. The molecule has 0 saturated carbocycles. The maximum atomic E-state index is 5.89. The predicted molar refractivity (Wildman–Crippen MR) is 65.9 cm³/mol. The molecule has 0 unspecified atom stereocenters. The van der Waals surface area contributed by atoms with Gasteiger partial charge in [0, 0.05) is 11.6 Å². The lowest BCUT2D eigenvalue weighted by molar-refractivity contribution is 1.10. The molecule has 3 aromatic rings. The number of imidazole rings is 1. The summed E-state index contributed by atoms with van der Waals surface area (Å²) < 4.78 is 2.06. The number of nitrogens with zero attached hydrogens (tertiary/aromatic N) is 3. The first-order chi connectivity index (χ1) is 7.90. The minimum atomic E-state index is 0.456. The number of hydrogen-bond acceptors (Lipinski definition) is 3. The summed E-state index contributed by atoms with van der Waals surface area (Å²) in [4.78, 5) is 9.60. The van der Waals surface area contributed by atoms with E-state index in [2.05, 4.69) is 19.7 Å². The van der Waals surface area contributed by atoms with Gasteiger partial charge in [-0.3, -0.25) is 9.38 Å². The van der Waals surface area contributed by atoms with E-state index in [1.807, 2.05) is 24.4 Å². The van der Waals surface area contributed by atoms with Crippen LogP contribution in [-0.4, -0.2) is 14.4 Å². The van der Waals surface area contributed by atoms with Gasteiger partial charge < -0.3 is 0 Å². The van der Waals surface area contributed by atoms with Gasteiger partial charge in [-0.2, -0.15) is 0 Å². The minimum absolute atomic E-state index is 0.456. The van der Waals surface area contributed by atoms with Crippen molar-refractivity contribution >= 4 is 27.9 Å². The molecule has 0 fully saturated rings. The Morgan fingerprint density at radius 1 is 1.31 bits per heavy atom. The molecule has 3 rings (SSSR count). The predicted octanol–water partition coefficient (Wildman–Crippen LogP) is 3.20. The smallest absolute Gasteiger partial charge is 0.194 e. The lowest BCUT2D eigenvalue weighted by Crippen LogP contribution is -1.91. The summed E-state index contributed by atoms with van der Waals surface area (Å²) in [7, 11) is 0. The number of pyridine rings is 1. The largest absolute Gasteiger partial charge is 0.284 e. The van der Waals surface area contributed by atoms with Crippen LogP contribution < -0.4 is 0 Å². The summed E-state index contributed by atoms with van der Waals surface area (Å²) in [5, 5.41) is 2.06. The van der Waals surface area contributed by atoms with Gasteiger partial charge in [-0.15, -0.1) is 22.9 Å². The molecule has 0 spiro atoms. The summed E-state index contributed by atoms with van der Waals surface area (Å²) >= 11 is 7.49. The summed E-state index contributed by atoms with van der Waals surface area (Å²) in [6, 6.07) is 5.87. The van der Waals surface area contributed by atoms with Crippen LogP contribution in [0.15, 0.2) is 36.0 Å². The normalized spacial score (nSPS) is 11.1. The van der Waals surface area contributed by atoms with Crippen LogP contribution in [0.3, 0.4) is 0 Å². The molecule has 3 nitrogen and oxygen atoms in total. The number of alkyl halides is 1. The molecule has 3 heterocycles. The molecule has 0 bridgehead atoms. The molecule has 0 aliphatic heterocycles. The molecule has 0 aromatic carbocycles. The maximum absolute atomic E-state index is 5.89. The topological polar surface area (TPSA) is 30.2 Å². The van der Waals surface area contributed by atoms with E-state index in [0.717, 1.165) is 22.0 Å². The Balaban J connectivity index is 2.28. The van der Waals surface area contributed by atoms with E-state index in [1.54, 1.807) is 17.5 Å². The summed E-state index contributed by atoms with van der Waals surface area (Å²) in [6.07, 6.45) is 3.60. The molecule has 80 valence electrons. The fraction of sp³-hybridized carbons (Fsp3) is 0.0909. The Morgan fingerprint density at radius 2 is 2.25 bits per heavy atom. The Kier molecular flexibility index (Phi) is 2.38. The van der Waals surface area contributed by atoms with Gasteiger partial charge in [0.15, 0.2) is 4.96 Å². The van der Waals surface area contributed by atoms with Crippen molar-refractivity contribution in [1.82, 2.24) is 14.4 Å². The highest BCUT2D eigenvalue weighted by Crippen LogP contribution is 2.26. The van der Waals surface area contributed by atoms with E-state index in [-0.39, 0.29) is 0 Å². The van der Waals surface area contributed by atoms with Crippen molar-refractivity contribution in [3.8, 4) is 11.4 Å². The van der Waals surface area contributed by atoms with Crippen LogP contribution in [0.25, 0.3) is 16.3 Å². The van der Waals surface area contributed by atoms with Gasteiger partial charge in [-0.05, 0) is 12.1 Å². The van der Waals surface area contributed by atoms with Gasteiger partial charge in [0.05, 0.1) is 29.2 Å². The van der Waals surface area contributed by atoms with Crippen LogP contribution in [0, 0.1) is 0 Å². The number of hydrogen-bond donors (Lipinski definition) is 0. The summed E-state index contributed by atoms with van der Waals surface area (Å²) in [5.74, 6) is 0.456. The molecular weight excluding hydrogens is 242 g/mol. The van der Waals surface area contributed by atoms with Crippen LogP contribution in [-0.2, 0) is 5.88 Å². The standard InChI is InChI=1S/C11H8ClN3S/c12-5-8-6-14-11-15(8)10(7-16-11)9-3-1-2-4-13-9/h1-4,6-7H,5H2. The molecule has 5 heteroatoms. The maximum Gasteiger partial charge on any atom is 0.194 e. The highest BCUT2D eigenvalue weighted by atomic mass is 35.5. The molecule has 16 heavy (non-hydrogen) atoms. The van der Waals surface area contributed by atoms with E-state index < -0.39 is 0 Å². The second-order valence-corrected chi connectivity index (χ2v) is 4.44. The Bertz CT molecular complexity index is 614. The monoisotopic (exact) mass is 249 g/mol. The van der Waals surface area contributed by atoms with Gasteiger partial charge in [0.25, 0.3) is 0 Å². The summed E-state index contributed by atoms with van der Waals surface area (Å²) in [5.41, 5.74) is 2.99. The first-order valence-corrected chi connectivity index (χ1v) is 6.23. The minimum Gasteiger partial charge on any atom is -0.284 e. The lowest BCUT2D eigenvalue weighted by Gasteiger charge is -2.00. The van der Waals surface area contributed by atoms with Gasteiger partial charge in [-0.1, -0.05) is 6.07 Å². The van der Waals surface area contributed by atoms with Crippen molar-refractivity contribution in [2.75, 3.05) is 0 Å². The number of aromatic nitrogens is 3. The third-order valence-corrected chi connectivity index (χ3v) is 3.50. The molecule has 0 radical (unpaired) electrons. The second-order valence-electron chi connectivity index (χ2n) is 3.34. The van der Waals surface area contributed by atoms with Crippen molar-refractivity contribution in [1.29, 1.82) is 0 Å². The van der Waals surface area contributed by atoms with E-state index in [4.69, 9.17) is 11.6 Å². The van der Waals surface area contributed by atoms with Crippen LogP contribution in [0.1, 0.15) is 5.69 Å². The average molecular weight is 250 g/mol. The Labute approximate surface area is 101 Å². The highest BCUT2D eigenvalue weighted by molar-refractivity contribution is 7.15. The van der Waals surface area contributed by atoms with E-state index in [0.29, 0.717) is 5.88 Å². The first-order valence-electron chi connectivity index (χ1n) is 4.81. The average Bonchev–Trinajstić information content (AvgIpc) is 2.90. The first kappa shape index (κ1) is 9.81. The van der Waals surface area contributed by atoms with Crippen molar-refractivity contribution in [2.24, 2.45) is 0 Å². The Hall–Kier alpha value is -1.39. The molecule has 0 saturated heterocycles. The van der Waals surface area contributed by atoms with Crippen LogP contribution in [0.2, 0.25) is 0 Å². The third-order valence-electron chi connectivity index (χ3n) is 2.38. The van der Waals surface area contributed by atoms with Crippen molar-refractivity contribution in [3.05, 3.63) is 41.7 Å². The van der Waals surface area contributed by atoms with Gasteiger partial charge >= 0.3 is 0 Å². The number of thiazole rings is 1. The second kappa shape index (κ2) is 3.88. The van der Waals surface area contributed by atoms with E-state index in [9.17, 15) is 0 Å². The third kappa shape index (κ3) is 1.42. The van der Waals surface area contributed by atoms with E-state index >= 15 is 0 Å². The lowest BCUT2D eigenvalue weighted by atomic mass is 10.3. The van der Waals surface area contributed by atoms with Gasteiger partial charge in [-0.25, -0.2) is 4.98 Å². The van der Waals surface area contributed by atoms with Crippen LogP contribution in [0.5, 0.6) is 0 Å². The zero-order chi connectivity index (χ0) is 11.0. The quantitative estimate of drug-likeness (QED) is 0.653. The SMILES string of the molecule is ClCc1cnc2scc(-c3ccccn3)n12. The van der Waals surface area contributed by atoms with Gasteiger partial charge in [0.1, 0.15) is 0 Å². The van der Waals surface area contributed by atoms with Crippen molar-refractivity contribution in [3.63, 3.8) is 0 Å². The van der Waals surface area contributed by atoms with Crippen LogP contribution >= 0.6 is 22.9 Å². The number of fused-ring (bicyclic) bond motifs is 1. The molecular formula is C11H8ClN3S. The zero-order valence-electron chi connectivity index (χ0n) is 8.30. The number of halogens is 1. The van der Waals surface area contributed by atoms with Crippen molar-refractivity contribution in [2.45, 2.75) is 5.88 Å².